The first kappa shape index (κ1) is 11.9. The molecular weight excluding hydrogens is 236 g/mol. The van der Waals surface area contributed by atoms with Crippen molar-refractivity contribution in [1.29, 1.82) is 0 Å². The molecule has 0 amide bonds. The number of aromatic hydroxyl groups is 1. The minimum absolute atomic E-state index is 0.0788. The van der Waals surface area contributed by atoms with Crippen LogP contribution in [0.1, 0.15) is 5.56 Å². The Bertz CT molecular complexity index is 551. The molecule has 0 saturated carbocycles. The Morgan fingerprint density at radius 2 is 2.00 bits per heavy atom. The fraction of sp³-hybridized carbons (Fsp3) is 0.0769. The minimum Gasteiger partial charge on any atom is -0.508 e. The van der Waals surface area contributed by atoms with Gasteiger partial charge in [0.15, 0.2) is 5.76 Å². The van der Waals surface area contributed by atoms with Gasteiger partial charge >= 0.3 is 5.97 Å². The van der Waals surface area contributed by atoms with Gasteiger partial charge in [-0.05, 0) is 24.3 Å². The predicted molar refractivity (Wildman–Crippen MR) is 62.3 cm³/mol. The van der Waals surface area contributed by atoms with E-state index in [4.69, 9.17) is 9.84 Å². The van der Waals surface area contributed by atoms with Gasteiger partial charge in [0.25, 0.3) is 0 Å². The molecule has 5 heteroatoms. The Morgan fingerprint density at radius 1 is 1.33 bits per heavy atom. The highest BCUT2D eigenvalue weighted by atomic mass is 16.5. The second kappa shape index (κ2) is 4.75. The Labute approximate surface area is 103 Å². The number of methoxy groups -OCH3 is 1. The lowest BCUT2D eigenvalue weighted by molar-refractivity contribution is -0.135. The maximum Gasteiger partial charge on any atom is 0.334 e. The summed E-state index contributed by atoms with van der Waals surface area (Å²) in [6.07, 6.45) is 2.27. The van der Waals surface area contributed by atoms with Gasteiger partial charge in [0.05, 0.1) is 13.2 Å². The van der Waals surface area contributed by atoms with E-state index < -0.39 is 11.8 Å². The van der Waals surface area contributed by atoms with Crippen molar-refractivity contribution < 1.29 is 24.2 Å². The average Bonchev–Trinajstić information content (AvgIpc) is 2.71. The highest BCUT2D eigenvalue weighted by Crippen LogP contribution is 2.27. The lowest BCUT2D eigenvalue weighted by Crippen LogP contribution is -2.01. The van der Waals surface area contributed by atoms with Gasteiger partial charge in [-0.1, -0.05) is 0 Å². The highest BCUT2D eigenvalue weighted by molar-refractivity contribution is 6.12. The van der Waals surface area contributed by atoms with Crippen molar-refractivity contribution in [3.63, 3.8) is 0 Å². The number of carbonyl (C=O) groups excluding carboxylic acids is 2. The highest BCUT2D eigenvalue weighted by Gasteiger charge is 2.22. The van der Waals surface area contributed by atoms with E-state index in [1.54, 1.807) is 12.1 Å². The number of phenolic OH excluding ortho intramolecular Hbond substituents is 1. The van der Waals surface area contributed by atoms with Crippen molar-refractivity contribution in [2.45, 2.75) is 0 Å². The molecule has 0 atom stereocenters. The van der Waals surface area contributed by atoms with E-state index in [-0.39, 0.29) is 11.5 Å². The molecule has 1 aromatic rings. The molecule has 1 aromatic carbocycles. The van der Waals surface area contributed by atoms with Crippen molar-refractivity contribution in [2.24, 2.45) is 0 Å². The summed E-state index contributed by atoms with van der Waals surface area (Å²) in [6, 6.07) is 6.17. The quantitative estimate of drug-likeness (QED) is 0.630. The smallest absolute Gasteiger partial charge is 0.334 e. The molecule has 2 rings (SSSR count). The molecule has 1 aliphatic heterocycles. The van der Waals surface area contributed by atoms with Crippen LogP contribution in [0.4, 0.5) is 0 Å². The van der Waals surface area contributed by atoms with Crippen molar-refractivity contribution in [3.05, 3.63) is 47.7 Å². The molecule has 1 N–H and O–H groups in total. The number of hydrogen-bond acceptors (Lipinski definition) is 5. The largest absolute Gasteiger partial charge is 0.508 e. The lowest BCUT2D eigenvalue weighted by Gasteiger charge is -2.03. The fourth-order valence-electron chi connectivity index (χ4n) is 1.42. The van der Waals surface area contributed by atoms with Crippen molar-refractivity contribution in [3.8, 4) is 5.75 Å². The van der Waals surface area contributed by atoms with E-state index in [0.717, 1.165) is 6.08 Å². The monoisotopic (exact) mass is 246 g/mol. The Morgan fingerprint density at radius 3 is 2.61 bits per heavy atom. The van der Waals surface area contributed by atoms with E-state index in [9.17, 15) is 9.59 Å². The number of benzene rings is 1. The van der Waals surface area contributed by atoms with E-state index in [1.807, 2.05) is 0 Å². The van der Waals surface area contributed by atoms with Gasteiger partial charge in [-0.2, -0.15) is 0 Å². The average molecular weight is 246 g/mol. The number of carbonyl (C=O) groups is 2. The molecule has 0 bridgehead atoms. The first-order valence-corrected chi connectivity index (χ1v) is 5.13. The van der Waals surface area contributed by atoms with Crippen LogP contribution in [0, 0.1) is 0 Å². The van der Waals surface area contributed by atoms with E-state index in [0.29, 0.717) is 11.3 Å². The van der Waals surface area contributed by atoms with Crippen LogP contribution in [0.25, 0.3) is 5.76 Å². The zero-order valence-electron chi connectivity index (χ0n) is 9.54. The van der Waals surface area contributed by atoms with Gasteiger partial charge in [0, 0.05) is 11.6 Å². The van der Waals surface area contributed by atoms with Crippen LogP contribution < -0.4 is 0 Å². The standard InChI is InChI=1S/C13H10O5/c1-17-13(16)7-12-10(15)6-11(18-12)8-2-4-9(14)5-3-8/h2-7,14H,1H3/b12-7-. The first-order valence-electron chi connectivity index (χ1n) is 5.13. The summed E-state index contributed by atoms with van der Waals surface area (Å²) in [5.41, 5.74) is 0.634. The Balaban J connectivity index is 2.22. The Hall–Kier alpha value is -2.56. The van der Waals surface area contributed by atoms with Gasteiger partial charge in [0.1, 0.15) is 11.5 Å². The number of ketones is 1. The molecular formula is C13H10O5. The number of rotatable bonds is 2. The molecule has 18 heavy (non-hydrogen) atoms. The van der Waals surface area contributed by atoms with Crippen LogP contribution >= 0.6 is 0 Å². The lowest BCUT2D eigenvalue weighted by atomic mass is 10.1. The number of esters is 1. The molecule has 1 aliphatic rings. The third-order valence-corrected chi connectivity index (χ3v) is 2.33. The second-order valence-electron chi connectivity index (χ2n) is 3.55. The number of phenols is 1. The normalized spacial score (nSPS) is 16.4. The molecule has 0 aromatic heterocycles. The zero-order valence-corrected chi connectivity index (χ0v) is 9.54. The van der Waals surface area contributed by atoms with Crippen LogP contribution in [0.3, 0.4) is 0 Å². The van der Waals surface area contributed by atoms with E-state index in [1.165, 1.54) is 25.3 Å². The summed E-state index contributed by atoms with van der Waals surface area (Å²) < 4.78 is 9.68. The van der Waals surface area contributed by atoms with Gasteiger partial charge < -0.3 is 14.6 Å². The summed E-state index contributed by atoms with van der Waals surface area (Å²) >= 11 is 0. The van der Waals surface area contributed by atoms with Crippen molar-refractivity contribution in [2.75, 3.05) is 7.11 Å². The first-order chi connectivity index (χ1) is 8.60. The molecule has 5 nitrogen and oxygen atoms in total. The second-order valence-corrected chi connectivity index (χ2v) is 3.55. The topological polar surface area (TPSA) is 72.8 Å². The van der Waals surface area contributed by atoms with Gasteiger partial charge in [-0.25, -0.2) is 4.79 Å². The molecule has 0 spiro atoms. The van der Waals surface area contributed by atoms with Crippen LogP contribution in [0.5, 0.6) is 5.75 Å². The van der Waals surface area contributed by atoms with Gasteiger partial charge in [-0.15, -0.1) is 0 Å². The fourth-order valence-corrected chi connectivity index (χ4v) is 1.42. The Kier molecular flexibility index (Phi) is 3.14. The summed E-state index contributed by atoms with van der Waals surface area (Å²) in [4.78, 5) is 22.6. The number of hydrogen-bond donors (Lipinski definition) is 1. The zero-order chi connectivity index (χ0) is 13.1. The molecule has 0 radical (unpaired) electrons. The predicted octanol–water partition coefficient (Wildman–Crippen LogP) is 1.39. The number of allylic oxidation sites excluding steroid dienone is 1. The minimum atomic E-state index is -0.654. The van der Waals surface area contributed by atoms with Crippen LogP contribution in [-0.2, 0) is 19.1 Å². The molecule has 0 saturated heterocycles. The van der Waals surface area contributed by atoms with Gasteiger partial charge in [-0.3, -0.25) is 4.79 Å². The molecule has 0 unspecified atom stereocenters. The van der Waals surface area contributed by atoms with Crippen LogP contribution in [0.2, 0.25) is 0 Å². The van der Waals surface area contributed by atoms with Crippen molar-refractivity contribution in [1.82, 2.24) is 0 Å². The van der Waals surface area contributed by atoms with Gasteiger partial charge in [0.2, 0.25) is 5.78 Å². The molecule has 92 valence electrons. The van der Waals surface area contributed by atoms with E-state index in [2.05, 4.69) is 4.74 Å². The van der Waals surface area contributed by atoms with Crippen LogP contribution in [-0.4, -0.2) is 24.0 Å². The summed E-state index contributed by atoms with van der Waals surface area (Å²) in [6.45, 7) is 0. The van der Waals surface area contributed by atoms with Crippen molar-refractivity contribution >= 4 is 17.5 Å². The molecule has 1 heterocycles. The maximum atomic E-state index is 11.5. The summed E-state index contributed by atoms with van der Waals surface area (Å²) in [5, 5.41) is 9.15. The third-order valence-electron chi connectivity index (χ3n) is 2.33. The van der Waals surface area contributed by atoms with Crippen LogP contribution in [0.15, 0.2) is 42.2 Å². The number of ether oxygens (including phenoxy) is 2. The SMILES string of the molecule is COC(=O)/C=C1\OC(c2ccc(O)cc2)=CC1=O. The third kappa shape index (κ3) is 2.40. The molecule has 0 aliphatic carbocycles. The maximum absolute atomic E-state index is 11.5. The molecule has 0 fully saturated rings. The summed E-state index contributed by atoms with van der Waals surface area (Å²) in [5.74, 6) is -0.684. The van der Waals surface area contributed by atoms with E-state index >= 15 is 0 Å². The summed E-state index contributed by atoms with van der Waals surface area (Å²) in [7, 11) is 1.22.